The molecular formula is C26H24ClFN2O5. The number of carbonyl (C=O) groups excluding carboxylic acids is 2. The summed E-state index contributed by atoms with van der Waals surface area (Å²) in [6.45, 7) is 1.83. The smallest absolute Gasteiger partial charge is 0.261 e. The van der Waals surface area contributed by atoms with Gasteiger partial charge in [0.2, 0.25) is 12.7 Å². The number of hydrogen-bond acceptors (Lipinski definition) is 5. The first-order valence-electron chi connectivity index (χ1n) is 11.0. The van der Waals surface area contributed by atoms with Gasteiger partial charge in [0.1, 0.15) is 17.6 Å². The fourth-order valence-electron chi connectivity index (χ4n) is 3.54. The Morgan fingerprint density at radius 2 is 1.77 bits per heavy atom. The molecule has 0 radical (unpaired) electrons. The van der Waals surface area contributed by atoms with Gasteiger partial charge in [-0.05, 0) is 54.4 Å². The molecule has 4 rings (SSSR count). The molecule has 3 aromatic carbocycles. The summed E-state index contributed by atoms with van der Waals surface area (Å²) in [6.07, 6.45) is 0. The van der Waals surface area contributed by atoms with Gasteiger partial charge in [-0.2, -0.15) is 0 Å². The van der Waals surface area contributed by atoms with Crippen LogP contribution < -0.4 is 19.5 Å². The number of carbonyl (C=O) groups is 2. The number of benzene rings is 3. The minimum absolute atomic E-state index is 0.101. The molecule has 9 heteroatoms. The predicted octanol–water partition coefficient (Wildman–Crippen LogP) is 4.32. The van der Waals surface area contributed by atoms with E-state index in [1.54, 1.807) is 55.5 Å². The zero-order valence-corrected chi connectivity index (χ0v) is 19.8. The quantitative estimate of drug-likeness (QED) is 0.475. The van der Waals surface area contributed by atoms with Gasteiger partial charge in [-0.3, -0.25) is 9.59 Å². The van der Waals surface area contributed by atoms with Crippen molar-refractivity contribution < 1.29 is 28.2 Å². The van der Waals surface area contributed by atoms with Gasteiger partial charge in [0, 0.05) is 13.1 Å². The average molecular weight is 499 g/mol. The number of fused-ring (bicyclic) bond motifs is 1. The first-order valence-corrected chi connectivity index (χ1v) is 11.4. The Morgan fingerprint density at radius 1 is 1.06 bits per heavy atom. The number of ether oxygens (including phenoxy) is 3. The molecule has 0 spiro atoms. The zero-order chi connectivity index (χ0) is 24.8. The minimum Gasteiger partial charge on any atom is -0.482 e. The molecule has 0 unspecified atom stereocenters. The van der Waals surface area contributed by atoms with Crippen LogP contribution in [-0.4, -0.2) is 36.2 Å². The third-order valence-electron chi connectivity index (χ3n) is 5.52. The van der Waals surface area contributed by atoms with Gasteiger partial charge in [0.25, 0.3) is 5.91 Å². The lowest BCUT2D eigenvalue weighted by Crippen LogP contribution is -2.48. The van der Waals surface area contributed by atoms with Crippen molar-refractivity contribution in [3.63, 3.8) is 0 Å². The van der Waals surface area contributed by atoms with E-state index < -0.39 is 11.9 Å². The molecule has 1 heterocycles. The molecule has 0 saturated carbocycles. The van der Waals surface area contributed by atoms with E-state index in [2.05, 4.69) is 5.32 Å². The normalized spacial score (nSPS) is 12.7. The number of para-hydroxylation sites is 1. The summed E-state index contributed by atoms with van der Waals surface area (Å²) in [6, 6.07) is 17.2. The SMILES string of the molecule is C[C@@H](C(=O)NCc1ccc2c(c1)OCO2)N(Cc1ccc(F)cc1)C(=O)COc1ccccc1Cl. The number of nitrogens with one attached hydrogen (secondary N) is 1. The fourth-order valence-corrected chi connectivity index (χ4v) is 3.73. The van der Waals surface area contributed by atoms with E-state index in [4.69, 9.17) is 25.8 Å². The lowest BCUT2D eigenvalue weighted by molar-refractivity contribution is -0.142. The summed E-state index contributed by atoms with van der Waals surface area (Å²) in [5.74, 6) is 0.487. The Morgan fingerprint density at radius 3 is 2.54 bits per heavy atom. The monoisotopic (exact) mass is 498 g/mol. The largest absolute Gasteiger partial charge is 0.482 e. The molecule has 182 valence electrons. The Bertz CT molecular complexity index is 1200. The van der Waals surface area contributed by atoms with Gasteiger partial charge in [0.05, 0.1) is 5.02 Å². The number of nitrogens with zero attached hydrogens (tertiary/aromatic N) is 1. The molecule has 1 atom stereocenters. The first-order chi connectivity index (χ1) is 16.9. The molecule has 0 bridgehead atoms. The van der Waals surface area contributed by atoms with Crippen molar-refractivity contribution in [3.8, 4) is 17.2 Å². The Hall–Kier alpha value is -3.78. The van der Waals surface area contributed by atoms with Crippen LogP contribution in [0.1, 0.15) is 18.1 Å². The van der Waals surface area contributed by atoms with Crippen molar-refractivity contribution in [2.45, 2.75) is 26.1 Å². The number of halogens is 2. The lowest BCUT2D eigenvalue weighted by Gasteiger charge is -2.29. The van der Waals surface area contributed by atoms with Crippen LogP contribution >= 0.6 is 11.6 Å². The van der Waals surface area contributed by atoms with Crippen LogP contribution in [0.3, 0.4) is 0 Å². The van der Waals surface area contributed by atoms with Gasteiger partial charge < -0.3 is 24.4 Å². The standard InChI is InChI=1S/C26H24ClFN2O5/c1-17(26(32)29-13-19-8-11-23-24(12-19)35-16-34-23)30(14-18-6-9-20(28)10-7-18)25(31)15-33-22-5-3-2-4-21(22)27/h2-12,17H,13-16H2,1H3,(H,29,32)/t17-/m0/s1. The third kappa shape index (κ3) is 6.22. The summed E-state index contributed by atoms with van der Waals surface area (Å²) in [5, 5.41) is 3.23. The third-order valence-corrected chi connectivity index (χ3v) is 5.84. The van der Waals surface area contributed by atoms with Crippen LogP contribution in [0.15, 0.2) is 66.7 Å². The lowest BCUT2D eigenvalue weighted by atomic mass is 10.1. The molecule has 1 aliphatic rings. The molecule has 3 aromatic rings. The van der Waals surface area contributed by atoms with Crippen molar-refractivity contribution in [3.05, 3.63) is 88.7 Å². The van der Waals surface area contributed by atoms with Crippen LogP contribution in [0.4, 0.5) is 4.39 Å². The van der Waals surface area contributed by atoms with Crippen LogP contribution in [0.2, 0.25) is 5.02 Å². The van der Waals surface area contributed by atoms with E-state index in [-0.39, 0.29) is 38.2 Å². The topological polar surface area (TPSA) is 77.1 Å². The highest BCUT2D eigenvalue weighted by molar-refractivity contribution is 6.32. The maximum atomic E-state index is 13.4. The summed E-state index contributed by atoms with van der Waals surface area (Å²) in [4.78, 5) is 27.5. The summed E-state index contributed by atoms with van der Waals surface area (Å²) in [7, 11) is 0. The van der Waals surface area contributed by atoms with E-state index in [0.717, 1.165) is 5.56 Å². The number of hydrogen-bond donors (Lipinski definition) is 1. The van der Waals surface area contributed by atoms with Gasteiger partial charge in [-0.25, -0.2) is 4.39 Å². The second kappa shape index (κ2) is 11.1. The second-order valence-corrected chi connectivity index (χ2v) is 8.36. The molecule has 0 saturated heterocycles. The van der Waals surface area contributed by atoms with Crippen molar-refractivity contribution in [2.24, 2.45) is 0 Å². The Balaban J connectivity index is 1.44. The van der Waals surface area contributed by atoms with Gasteiger partial charge in [0.15, 0.2) is 18.1 Å². The molecule has 0 fully saturated rings. The summed E-state index contributed by atoms with van der Waals surface area (Å²) in [5.41, 5.74) is 1.50. The first kappa shape index (κ1) is 24.3. The molecule has 1 aliphatic heterocycles. The van der Waals surface area contributed by atoms with E-state index in [1.165, 1.54) is 17.0 Å². The van der Waals surface area contributed by atoms with Crippen molar-refractivity contribution in [2.75, 3.05) is 13.4 Å². The molecule has 0 aliphatic carbocycles. The van der Waals surface area contributed by atoms with E-state index in [1.807, 2.05) is 6.07 Å². The predicted molar refractivity (Wildman–Crippen MR) is 128 cm³/mol. The van der Waals surface area contributed by atoms with E-state index in [9.17, 15) is 14.0 Å². The van der Waals surface area contributed by atoms with E-state index in [0.29, 0.717) is 27.8 Å². The van der Waals surface area contributed by atoms with Gasteiger partial charge >= 0.3 is 0 Å². The van der Waals surface area contributed by atoms with Crippen molar-refractivity contribution >= 4 is 23.4 Å². The highest BCUT2D eigenvalue weighted by atomic mass is 35.5. The number of rotatable bonds is 9. The number of amides is 2. The summed E-state index contributed by atoms with van der Waals surface area (Å²) >= 11 is 6.11. The Labute approximate surface area is 207 Å². The van der Waals surface area contributed by atoms with Crippen LogP contribution in [0, 0.1) is 5.82 Å². The van der Waals surface area contributed by atoms with E-state index >= 15 is 0 Å². The molecular weight excluding hydrogens is 475 g/mol. The van der Waals surface area contributed by atoms with Crippen LogP contribution in [0.5, 0.6) is 17.2 Å². The molecule has 7 nitrogen and oxygen atoms in total. The Kier molecular flexibility index (Phi) is 7.72. The van der Waals surface area contributed by atoms with Gasteiger partial charge in [-0.1, -0.05) is 41.9 Å². The maximum absolute atomic E-state index is 13.4. The minimum atomic E-state index is -0.823. The van der Waals surface area contributed by atoms with Crippen molar-refractivity contribution in [1.82, 2.24) is 10.2 Å². The van der Waals surface area contributed by atoms with Crippen LogP contribution in [-0.2, 0) is 22.7 Å². The molecule has 0 aromatic heterocycles. The highest BCUT2D eigenvalue weighted by Crippen LogP contribution is 2.32. The van der Waals surface area contributed by atoms with Crippen LogP contribution in [0.25, 0.3) is 0 Å². The summed E-state index contributed by atoms with van der Waals surface area (Å²) < 4.78 is 29.6. The molecule has 1 N–H and O–H groups in total. The second-order valence-electron chi connectivity index (χ2n) is 7.95. The maximum Gasteiger partial charge on any atom is 0.261 e. The molecule has 35 heavy (non-hydrogen) atoms. The van der Waals surface area contributed by atoms with Crippen molar-refractivity contribution in [1.29, 1.82) is 0 Å². The highest BCUT2D eigenvalue weighted by Gasteiger charge is 2.27. The zero-order valence-electron chi connectivity index (χ0n) is 19.0. The van der Waals surface area contributed by atoms with Gasteiger partial charge in [-0.15, -0.1) is 0 Å². The molecule has 2 amide bonds. The average Bonchev–Trinajstić information content (AvgIpc) is 3.34. The fraction of sp³-hybridized carbons (Fsp3) is 0.231.